The van der Waals surface area contributed by atoms with E-state index in [-0.39, 0.29) is 34.3 Å². The molecule has 11 nitrogen and oxygen atoms in total. The first kappa shape index (κ1) is 28.9. The average molecular weight is 543 g/mol. The Balaban J connectivity index is 0.000000267. The van der Waals surface area contributed by atoms with E-state index >= 15 is 0 Å². The molecule has 0 aromatic heterocycles. The predicted octanol–water partition coefficient (Wildman–Crippen LogP) is 4.67. The van der Waals surface area contributed by atoms with Crippen LogP contribution in [-0.4, -0.2) is 39.9 Å². The van der Waals surface area contributed by atoms with Gasteiger partial charge in [-0.05, 0) is 53.2 Å². The number of hydrogen-bond donors (Lipinski definition) is 6. The molecule has 11 heteroatoms. The highest BCUT2D eigenvalue weighted by atomic mass is 16.4. The largest absolute Gasteiger partial charge is 0.478 e. The lowest BCUT2D eigenvalue weighted by atomic mass is 10.0. The van der Waals surface area contributed by atoms with Crippen LogP contribution in [0.5, 0.6) is 0 Å². The van der Waals surface area contributed by atoms with Gasteiger partial charge in [-0.15, -0.1) is 0 Å². The van der Waals surface area contributed by atoms with Crippen LogP contribution in [0.2, 0.25) is 0 Å². The van der Waals surface area contributed by atoms with Crippen molar-refractivity contribution >= 4 is 63.2 Å². The van der Waals surface area contributed by atoms with E-state index in [0.29, 0.717) is 16.9 Å². The van der Waals surface area contributed by atoms with E-state index in [1.54, 1.807) is 18.2 Å². The summed E-state index contributed by atoms with van der Waals surface area (Å²) in [6, 6.07) is 21.4. The third-order valence-electron chi connectivity index (χ3n) is 5.46. The Labute approximate surface area is 228 Å². The zero-order chi connectivity index (χ0) is 29.4. The summed E-state index contributed by atoms with van der Waals surface area (Å²) in [6.07, 6.45) is 0. The summed E-state index contributed by atoms with van der Waals surface area (Å²) < 4.78 is 0. The van der Waals surface area contributed by atoms with Crippen LogP contribution in [-0.2, 0) is 9.59 Å². The minimum atomic E-state index is -1.20. The number of nitrogens with two attached hydrogens (primary N) is 1. The van der Waals surface area contributed by atoms with Gasteiger partial charge >= 0.3 is 11.9 Å². The molecule has 40 heavy (non-hydrogen) atoms. The van der Waals surface area contributed by atoms with Crippen LogP contribution in [0, 0.1) is 0 Å². The van der Waals surface area contributed by atoms with Crippen molar-refractivity contribution in [1.82, 2.24) is 0 Å². The number of carbonyl (C=O) groups excluding carboxylic acids is 3. The van der Waals surface area contributed by atoms with E-state index in [0.717, 1.165) is 10.8 Å². The Hall–Kier alpha value is -5.71. The maximum atomic E-state index is 12.7. The van der Waals surface area contributed by atoms with Crippen LogP contribution >= 0.6 is 0 Å². The summed E-state index contributed by atoms with van der Waals surface area (Å²) in [6.45, 7) is 2.67. The predicted molar refractivity (Wildman–Crippen MR) is 152 cm³/mol. The monoisotopic (exact) mass is 542 g/mol. The van der Waals surface area contributed by atoms with Gasteiger partial charge in [0.25, 0.3) is 5.91 Å². The fourth-order valence-electron chi connectivity index (χ4n) is 3.75. The summed E-state index contributed by atoms with van der Waals surface area (Å²) in [7, 11) is 0. The number of hydrogen-bond acceptors (Lipinski definition) is 6. The van der Waals surface area contributed by atoms with Gasteiger partial charge in [-0.1, -0.05) is 36.4 Å². The van der Waals surface area contributed by atoms with Gasteiger partial charge in [-0.3, -0.25) is 14.4 Å². The highest BCUT2D eigenvalue weighted by Gasteiger charge is 2.16. The molecule has 7 N–H and O–H groups in total. The summed E-state index contributed by atoms with van der Waals surface area (Å²) in [5, 5.41) is 27.5. The second-order valence-corrected chi connectivity index (χ2v) is 8.52. The molecule has 0 aliphatic heterocycles. The molecule has 0 saturated heterocycles. The molecule has 4 aromatic rings. The molecule has 0 aliphatic carbocycles. The fourth-order valence-corrected chi connectivity index (χ4v) is 3.75. The number of benzene rings is 4. The van der Waals surface area contributed by atoms with Crippen molar-refractivity contribution in [3.05, 3.63) is 95.6 Å². The molecule has 0 heterocycles. The molecule has 0 spiro atoms. The second-order valence-electron chi connectivity index (χ2n) is 8.52. The van der Waals surface area contributed by atoms with E-state index in [1.165, 1.54) is 44.2 Å². The van der Waals surface area contributed by atoms with Crippen molar-refractivity contribution in [3.8, 4) is 0 Å². The molecular weight excluding hydrogens is 516 g/mol. The number of fused-ring (bicyclic) bond motifs is 1. The summed E-state index contributed by atoms with van der Waals surface area (Å²) in [4.78, 5) is 56.7. The highest BCUT2D eigenvalue weighted by molar-refractivity contribution is 6.14. The van der Waals surface area contributed by atoms with Crippen molar-refractivity contribution in [1.29, 1.82) is 0 Å². The van der Waals surface area contributed by atoms with Gasteiger partial charge in [-0.25, -0.2) is 9.59 Å². The number of aromatic carboxylic acids is 2. The molecule has 0 atom stereocenters. The topological polar surface area (TPSA) is 188 Å². The third kappa shape index (κ3) is 7.42. The van der Waals surface area contributed by atoms with Gasteiger partial charge in [0.15, 0.2) is 0 Å². The molecule has 4 rings (SSSR count). The number of carboxylic acid groups (broad SMARTS) is 2. The highest BCUT2D eigenvalue weighted by Crippen LogP contribution is 2.24. The Morgan fingerprint density at radius 2 is 1.18 bits per heavy atom. The minimum Gasteiger partial charge on any atom is -0.478 e. The van der Waals surface area contributed by atoms with Crippen LogP contribution in [0.3, 0.4) is 0 Å². The van der Waals surface area contributed by atoms with E-state index in [2.05, 4.69) is 16.0 Å². The van der Waals surface area contributed by atoms with Crippen molar-refractivity contribution in [2.24, 2.45) is 0 Å². The Kier molecular flexibility index (Phi) is 9.16. The smallest absolute Gasteiger partial charge is 0.337 e. The quantitative estimate of drug-likeness (QED) is 0.189. The SMILES string of the molecule is CC(=O)Nc1ccc(N)c(C(=O)O)c1.CC(=O)Nc1ccc(NC(=O)c2cccc3ccccc23)c(C(=O)O)c1. The lowest BCUT2D eigenvalue weighted by Gasteiger charge is -2.12. The molecular formula is C29H26N4O7. The average Bonchev–Trinajstić information content (AvgIpc) is 2.89. The van der Waals surface area contributed by atoms with Crippen LogP contribution < -0.4 is 21.7 Å². The molecule has 0 bridgehead atoms. The van der Waals surface area contributed by atoms with Crippen molar-refractivity contribution < 1.29 is 34.2 Å². The number of nitrogen functional groups attached to an aromatic ring is 1. The first-order chi connectivity index (χ1) is 19.0. The Morgan fingerprint density at radius 1 is 0.625 bits per heavy atom. The number of carboxylic acids is 2. The van der Waals surface area contributed by atoms with Crippen molar-refractivity contribution in [2.75, 3.05) is 21.7 Å². The van der Waals surface area contributed by atoms with Crippen LogP contribution in [0.1, 0.15) is 44.9 Å². The van der Waals surface area contributed by atoms with Gasteiger partial charge in [0.1, 0.15) is 0 Å². The molecule has 0 aliphatic rings. The lowest BCUT2D eigenvalue weighted by molar-refractivity contribution is -0.115. The number of nitrogens with one attached hydrogen (secondary N) is 3. The van der Waals surface area contributed by atoms with Crippen molar-refractivity contribution in [2.45, 2.75) is 13.8 Å². The zero-order valence-corrected chi connectivity index (χ0v) is 21.5. The maximum absolute atomic E-state index is 12.7. The first-order valence-electron chi connectivity index (χ1n) is 11.8. The van der Waals surface area contributed by atoms with Gasteiger partial charge in [0.2, 0.25) is 11.8 Å². The van der Waals surface area contributed by atoms with Gasteiger partial charge in [0, 0.05) is 36.5 Å². The third-order valence-corrected chi connectivity index (χ3v) is 5.46. The number of amides is 3. The fraction of sp³-hybridized carbons (Fsp3) is 0.0690. The Bertz CT molecular complexity index is 1630. The first-order valence-corrected chi connectivity index (χ1v) is 11.8. The number of anilines is 4. The lowest BCUT2D eigenvalue weighted by Crippen LogP contribution is -2.16. The van der Waals surface area contributed by atoms with Gasteiger partial charge in [0.05, 0.1) is 16.8 Å². The molecule has 0 radical (unpaired) electrons. The van der Waals surface area contributed by atoms with Gasteiger partial charge < -0.3 is 31.9 Å². The molecule has 204 valence electrons. The van der Waals surface area contributed by atoms with Crippen LogP contribution in [0.15, 0.2) is 78.9 Å². The maximum Gasteiger partial charge on any atom is 0.337 e. The van der Waals surface area contributed by atoms with E-state index in [9.17, 15) is 29.1 Å². The summed E-state index contributed by atoms with van der Waals surface area (Å²) >= 11 is 0. The molecule has 0 saturated carbocycles. The van der Waals surface area contributed by atoms with E-state index in [1.807, 2.05) is 30.3 Å². The molecule has 4 aromatic carbocycles. The molecule has 3 amide bonds. The minimum absolute atomic E-state index is 0.0174. The van der Waals surface area contributed by atoms with E-state index in [4.69, 9.17) is 10.8 Å². The van der Waals surface area contributed by atoms with Crippen LogP contribution in [0.25, 0.3) is 10.8 Å². The van der Waals surface area contributed by atoms with Crippen LogP contribution in [0.4, 0.5) is 22.7 Å². The number of rotatable bonds is 6. The zero-order valence-electron chi connectivity index (χ0n) is 21.5. The molecule has 0 unspecified atom stereocenters. The Morgan fingerprint density at radius 3 is 1.77 bits per heavy atom. The second kappa shape index (κ2) is 12.7. The van der Waals surface area contributed by atoms with Gasteiger partial charge in [-0.2, -0.15) is 0 Å². The normalized spacial score (nSPS) is 10.1. The van der Waals surface area contributed by atoms with Crippen molar-refractivity contribution in [3.63, 3.8) is 0 Å². The number of carbonyl (C=O) groups is 5. The summed E-state index contributed by atoms with van der Waals surface area (Å²) in [5.74, 6) is -3.29. The standard InChI is InChI=1S/C20H16N2O4.C9H10N2O3/c1-12(23)21-14-9-10-18(17(11-14)20(25)26)22-19(24)16-8-4-6-13-5-2-3-7-15(13)16;1-5(12)11-6-2-3-8(10)7(4-6)9(13)14/h2-11H,1H3,(H,21,23)(H,22,24)(H,25,26);2-4H,10H2,1H3,(H,11,12)(H,13,14). The summed E-state index contributed by atoms with van der Waals surface area (Å²) in [5.41, 5.74) is 6.85. The van der Waals surface area contributed by atoms with E-state index < -0.39 is 17.8 Å². The molecule has 0 fully saturated rings.